The summed E-state index contributed by atoms with van der Waals surface area (Å²) < 4.78 is 1.00. The van der Waals surface area contributed by atoms with Gasteiger partial charge in [0.15, 0.2) is 0 Å². The summed E-state index contributed by atoms with van der Waals surface area (Å²) in [6.07, 6.45) is 0.417. The van der Waals surface area contributed by atoms with E-state index in [0.717, 1.165) is 25.9 Å². The van der Waals surface area contributed by atoms with Crippen molar-refractivity contribution in [1.29, 1.82) is 0 Å². The molecule has 5 heteroatoms. The van der Waals surface area contributed by atoms with Crippen LogP contribution in [0.1, 0.15) is 22.1 Å². The van der Waals surface area contributed by atoms with Crippen LogP contribution in [0.5, 0.6) is 0 Å². The number of benzene rings is 2. The van der Waals surface area contributed by atoms with Crippen LogP contribution in [0.4, 0.5) is 5.69 Å². The van der Waals surface area contributed by atoms with Gasteiger partial charge in [0.1, 0.15) is 0 Å². The fourth-order valence-corrected chi connectivity index (χ4v) is 3.07. The van der Waals surface area contributed by atoms with Gasteiger partial charge in [-0.15, -0.1) is 11.6 Å². The van der Waals surface area contributed by atoms with Crippen molar-refractivity contribution < 1.29 is 4.79 Å². The maximum Gasteiger partial charge on any atom is 0.228 e. The van der Waals surface area contributed by atoms with E-state index in [2.05, 4.69) is 27.9 Å². The van der Waals surface area contributed by atoms with Crippen molar-refractivity contribution in [1.82, 2.24) is 0 Å². The Bertz CT molecular complexity index is 702. The lowest BCUT2D eigenvalue weighted by Gasteiger charge is -2.12. The molecule has 0 spiro atoms. The normalized spacial score (nSPS) is 14.8. The van der Waals surface area contributed by atoms with E-state index < -0.39 is 0 Å². The summed E-state index contributed by atoms with van der Waals surface area (Å²) in [6.45, 7) is 0. The molecule has 0 radical (unpaired) electrons. The largest absolute Gasteiger partial charge is 0.326 e. The third-order valence-electron chi connectivity index (χ3n) is 3.28. The van der Waals surface area contributed by atoms with Crippen molar-refractivity contribution in [2.75, 3.05) is 5.32 Å². The predicted molar refractivity (Wildman–Crippen MR) is 90.6 cm³/mol. The molecule has 102 valence electrons. The molecule has 1 aliphatic heterocycles. The molecule has 1 aliphatic rings. The smallest absolute Gasteiger partial charge is 0.228 e. The van der Waals surface area contributed by atoms with Crippen molar-refractivity contribution in [2.45, 2.75) is 11.8 Å². The molecule has 1 N–H and O–H groups in total. The molecule has 0 saturated heterocycles. The lowest BCUT2D eigenvalue weighted by atomic mass is 10.0. The van der Waals surface area contributed by atoms with Crippen molar-refractivity contribution in [3.05, 3.63) is 61.7 Å². The van der Waals surface area contributed by atoms with Crippen LogP contribution in [0.3, 0.4) is 0 Å². The van der Waals surface area contributed by atoms with Gasteiger partial charge in [0.2, 0.25) is 5.91 Å². The van der Waals surface area contributed by atoms with Gasteiger partial charge in [-0.25, -0.2) is 0 Å². The minimum atomic E-state index is -0.273. The summed E-state index contributed by atoms with van der Waals surface area (Å²) in [7, 11) is 0. The van der Waals surface area contributed by atoms with Crippen molar-refractivity contribution in [2.24, 2.45) is 0 Å². The van der Waals surface area contributed by atoms with Gasteiger partial charge in [0.05, 0.1) is 16.8 Å². The second-order valence-electron chi connectivity index (χ2n) is 4.68. The van der Waals surface area contributed by atoms with Gasteiger partial charge in [-0.2, -0.15) is 0 Å². The number of fused-ring (bicyclic) bond motifs is 1. The standard InChI is InChI=1S/C15H10Cl2INO/c16-11-6-9(1-3-12(11)18)15(17)8-2-4-13-10(5-8)7-14(20)19-13/h1-6,15H,7H2,(H,19,20). The quantitative estimate of drug-likeness (QED) is 0.553. The number of amides is 1. The van der Waals surface area contributed by atoms with Gasteiger partial charge in [-0.3, -0.25) is 4.79 Å². The Kier molecular flexibility index (Phi) is 3.93. The fourth-order valence-electron chi connectivity index (χ4n) is 2.27. The first-order valence-electron chi connectivity index (χ1n) is 6.06. The molecule has 1 unspecified atom stereocenters. The van der Waals surface area contributed by atoms with Crippen molar-refractivity contribution >= 4 is 57.4 Å². The molecule has 0 fully saturated rings. The van der Waals surface area contributed by atoms with E-state index >= 15 is 0 Å². The second-order valence-corrected chi connectivity index (χ2v) is 6.68. The van der Waals surface area contributed by atoms with Gasteiger partial charge in [-0.05, 0) is 57.5 Å². The number of rotatable bonds is 2. The van der Waals surface area contributed by atoms with E-state index in [-0.39, 0.29) is 11.3 Å². The Morgan fingerprint density at radius 2 is 1.85 bits per heavy atom. The predicted octanol–water partition coefficient (Wildman–Crippen LogP) is 4.77. The highest BCUT2D eigenvalue weighted by Gasteiger charge is 2.20. The molecule has 2 nitrogen and oxygen atoms in total. The third kappa shape index (κ3) is 2.67. The summed E-state index contributed by atoms with van der Waals surface area (Å²) in [5.41, 5.74) is 3.80. The molecule has 0 aromatic heterocycles. The first-order chi connectivity index (χ1) is 9.54. The Labute approximate surface area is 140 Å². The molecule has 1 atom stereocenters. The average Bonchev–Trinajstić information content (AvgIpc) is 2.80. The zero-order valence-corrected chi connectivity index (χ0v) is 14.0. The molecular weight excluding hydrogens is 408 g/mol. The molecule has 2 aromatic rings. The Morgan fingerprint density at radius 3 is 2.60 bits per heavy atom. The molecule has 0 saturated carbocycles. The van der Waals surface area contributed by atoms with Gasteiger partial charge >= 0.3 is 0 Å². The third-order valence-corrected chi connectivity index (χ3v) is 5.36. The SMILES string of the molecule is O=C1Cc2cc(C(Cl)c3ccc(I)c(Cl)c3)ccc2N1. The van der Waals surface area contributed by atoms with E-state index in [1.54, 1.807) is 0 Å². The van der Waals surface area contributed by atoms with E-state index in [9.17, 15) is 4.79 Å². The summed E-state index contributed by atoms with van der Waals surface area (Å²) in [6, 6.07) is 11.6. The van der Waals surface area contributed by atoms with Crippen LogP contribution < -0.4 is 5.32 Å². The highest BCUT2D eigenvalue weighted by Crippen LogP contribution is 2.34. The van der Waals surface area contributed by atoms with Gasteiger partial charge < -0.3 is 5.32 Å². The van der Waals surface area contributed by atoms with Crippen LogP contribution in [0.2, 0.25) is 5.02 Å². The van der Waals surface area contributed by atoms with Crippen LogP contribution in [-0.4, -0.2) is 5.91 Å². The minimum absolute atomic E-state index is 0.0283. The van der Waals surface area contributed by atoms with Crippen LogP contribution in [0.15, 0.2) is 36.4 Å². The molecule has 3 rings (SSSR count). The maximum atomic E-state index is 11.4. The van der Waals surface area contributed by atoms with E-state index in [4.69, 9.17) is 23.2 Å². The van der Waals surface area contributed by atoms with Crippen LogP contribution in [0, 0.1) is 3.57 Å². The van der Waals surface area contributed by atoms with Crippen molar-refractivity contribution in [3.8, 4) is 0 Å². The molecular formula is C15H10Cl2INO. The van der Waals surface area contributed by atoms with E-state index in [1.165, 1.54) is 0 Å². The minimum Gasteiger partial charge on any atom is -0.326 e. The monoisotopic (exact) mass is 417 g/mol. The van der Waals surface area contributed by atoms with E-state index in [0.29, 0.717) is 11.4 Å². The number of halogens is 3. The first kappa shape index (κ1) is 14.2. The summed E-state index contributed by atoms with van der Waals surface area (Å²) in [4.78, 5) is 11.4. The van der Waals surface area contributed by atoms with E-state index in [1.807, 2.05) is 36.4 Å². The Hall–Kier alpha value is -0.780. The lowest BCUT2D eigenvalue weighted by molar-refractivity contribution is -0.115. The van der Waals surface area contributed by atoms with Gasteiger partial charge in [-0.1, -0.05) is 29.8 Å². The van der Waals surface area contributed by atoms with Gasteiger partial charge in [0, 0.05) is 9.26 Å². The summed E-state index contributed by atoms with van der Waals surface area (Å²) >= 11 is 14.8. The average molecular weight is 418 g/mol. The molecule has 20 heavy (non-hydrogen) atoms. The number of alkyl halides is 1. The summed E-state index contributed by atoms with van der Waals surface area (Å²) in [5, 5.41) is 3.24. The highest BCUT2D eigenvalue weighted by molar-refractivity contribution is 14.1. The van der Waals surface area contributed by atoms with Crippen LogP contribution in [-0.2, 0) is 11.2 Å². The van der Waals surface area contributed by atoms with Gasteiger partial charge in [0.25, 0.3) is 0 Å². The maximum absolute atomic E-state index is 11.4. The molecule has 0 bridgehead atoms. The van der Waals surface area contributed by atoms with Crippen LogP contribution in [0.25, 0.3) is 0 Å². The Balaban J connectivity index is 1.94. The zero-order valence-electron chi connectivity index (χ0n) is 10.3. The van der Waals surface area contributed by atoms with Crippen LogP contribution >= 0.6 is 45.8 Å². The second kappa shape index (κ2) is 5.54. The molecule has 0 aliphatic carbocycles. The molecule has 1 amide bonds. The van der Waals surface area contributed by atoms with Crippen molar-refractivity contribution in [3.63, 3.8) is 0 Å². The highest BCUT2D eigenvalue weighted by atomic mass is 127. The number of anilines is 1. The molecule has 2 aromatic carbocycles. The fraction of sp³-hybridized carbons (Fsp3) is 0.133. The number of nitrogens with one attached hydrogen (secondary N) is 1. The topological polar surface area (TPSA) is 29.1 Å². The zero-order chi connectivity index (χ0) is 14.3. The Morgan fingerprint density at radius 1 is 1.15 bits per heavy atom. The lowest BCUT2D eigenvalue weighted by Crippen LogP contribution is -2.03. The number of hydrogen-bond acceptors (Lipinski definition) is 1. The number of carbonyl (C=O) groups is 1. The first-order valence-corrected chi connectivity index (χ1v) is 7.95. The summed E-state index contributed by atoms with van der Waals surface area (Å²) in [5.74, 6) is 0.0283. The number of carbonyl (C=O) groups excluding carboxylic acids is 1. The molecule has 1 heterocycles. The number of hydrogen-bond donors (Lipinski definition) is 1.